The number of ether oxygens (including phenoxy) is 4. The van der Waals surface area contributed by atoms with Crippen LogP contribution in [0, 0.1) is 0 Å². The monoisotopic (exact) mass is 396 g/mol. The highest BCUT2D eigenvalue weighted by Crippen LogP contribution is 2.39. The van der Waals surface area contributed by atoms with E-state index in [2.05, 4.69) is 9.97 Å². The lowest BCUT2D eigenvalue weighted by atomic mass is 10.1. The van der Waals surface area contributed by atoms with Gasteiger partial charge in [-0.1, -0.05) is 18.2 Å². The third kappa shape index (κ3) is 5.19. The second-order valence-corrected chi connectivity index (χ2v) is 6.15. The van der Waals surface area contributed by atoms with E-state index in [1.807, 2.05) is 42.5 Å². The minimum Gasteiger partial charge on any atom is -0.493 e. The van der Waals surface area contributed by atoms with Crippen LogP contribution < -0.4 is 30.4 Å². The molecule has 3 aromatic rings. The topological polar surface area (TPSA) is 115 Å². The van der Waals surface area contributed by atoms with Crippen molar-refractivity contribution in [3.05, 3.63) is 59.8 Å². The number of nitrogen functional groups attached to an aromatic ring is 2. The van der Waals surface area contributed by atoms with Crippen molar-refractivity contribution in [1.29, 1.82) is 0 Å². The molecule has 152 valence electrons. The van der Waals surface area contributed by atoms with E-state index in [0.29, 0.717) is 42.7 Å². The van der Waals surface area contributed by atoms with Crippen molar-refractivity contribution >= 4 is 11.8 Å². The average molecular weight is 396 g/mol. The highest BCUT2D eigenvalue weighted by atomic mass is 16.5. The second kappa shape index (κ2) is 9.50. The summed E-state index contributed by atoms with van der Waals surface area (Å²) < 4.78 is 22.5. The van der Waals surface area contributed by atoms with Crippen molar-refractivity contribution in [2.24, 2.45) is 0 Å². The molecule has 1 heterocycles. The van der Waals surface area contributed by atoms with E-state index < -0.39 is 0 Å². The Morgan fingerprint density at radius 3 is 2.31 bits per heavy atom. The van der Waals surface area contributed by atoms with E-state index >= 15 is 0 Å². The van der Waals surface area contributed by atoms with E-state index in [9.17, 15) is 0 Å². The third-order valence-corrected chi connectivity index (χ3v) is 4.17. The van der Waals surface area contributed by atoms with E-state index in [-0.39, 0.29) is 5.95 Å². The van der Waals surface area contributed by atoms with Crippen LogP contribution in [0.25, 0.3) is 0 Å². The molecule has 0 aliphatic heterocycles. The fourth-order valence-electron chi connectivity index (χ4n) is 2.81. The van der Waals surface area contributed by atoms with Crippen LogP contribution in [0.2, 0.25) is 0 Å². The molecule has 0 aliphatic rings. The van der Waals surface area contributed by atoms with Gasteiger partial charge in [-0.25, -0.2) is 4.98 Å². The normalized spacial score (nSPS) is 10.4. The second-order valence-electron chi connectivity index (χ2n) is 6.15. The van der Waals surface area contributed by atoms with Gasteiger partial charge in [-0.2, -0.15) is 4.98 Å². The van der Waals surface area contributed by atoms with Crippen molar-refractivity contribution in [3.63, 3.8) is 0 Å². The molecule has 0 amide bonds. The number of anilines is 2. The minimum atomic E-state index is 0.140. The van der Waals surface area contributed by atoms with Gasteiger partial charge in [0.1, 0.15) is 24.8 Å². The van der Waals surface area contributed by atoms with Crippen LogP contribution in [0.4, 0.5) is 11.8 Å². The van der Waals surface area contributed by atoms with Crippen LogP contribution in [-0.4, -0.2) is 37.4 Å². The number of benzene rings is 2. The number of rotatable bonds is 9. The maximum absolute atomic E-state index is 5.95. The van der Waals surface area contributed by atoms with E-state index in [0.717, 1.165) is 16.9 Å². The summed E-state index contributed by atoms with van der Waals surface area (Å²) in [7, 11) is 3.14. The molecule has 1 aromatic heterocycles. The van der Waals surface area contributed by atoms with E-state index in [4.69, 9.17) is 30.4 Å². The molecule has 3 rings (SSSR count). The summed E-state index contributed by atoms with van der Waals surface area (Å²) in [6.45, 7) is 0.726. The van der Waals surface area contributed by atoms with Gasteiger partial charge in [0.05, 0.1) is 14.2 Å². The maximum Gasteiger partial charge on any atom is 0.221 e. The number of nitrogens with two attached hydrogens (primary N) is 2. The lowest BCUT2D eigenvalue weighted by Crippen LogP contribution is -2.10. The smallest absolute Gasteiger partial charge is 0.221 e. The first kappa shape index (κ1) is 20.1. The van der Waals surface area contributed by atoms with Gasteiger partial charge in [0.15, 0.2) is 11.5 Å². The summed E-state index contributed by atoms with van der Waals surface area (Å²) >= 11 is 0. The Labute approximate surface area is 169 Å². The van der Waals surface area contributed by atoms with Crippen LogP contribution in [0.3, 0.4) is 0 Å². The Morgan fingerprint density at radius 2 is 1.62 bits per heavy atom. The fourth-order valence-corrected chi connectivity index (χ4v) is 2.81. The minimum absolute atomic E-state index is 0.140. The van der Waals surface area contributed by atoms with Crippen molar-refractivity contribution in [1.82, 2.24) is 9.97 Å². The Hall–Kier alpha value is -3.68. The van der Waals surface area contributed by atoms with Crippen molar-refractivity contribution in [2.45, 2.75) is 6.42 Å². The molecule has 0 radical (unpaired) electrons. The quantitative estimate of drug-likeness (QED) is 0.531. The van der Waals surface area contributed by atoms with Crippen LogP contribution in [0.15, 0.2) is 48.7 Å². The molecule has 0 saturated carbocycles. The third-order valence-electron chi connectivity index (χ3n) is 4.17. The van der Waals surface area contributed by atoms with Gasteiger partial charge in [0.25, 0.3) is 0 Å². The van der Waals surface area contributed by atoms with Gasteiger partial charge in [-0.15, -0.1) is 0 Å². The molecule has 2 aromatic carbocycles. The van der Waals surface area contributed by atoms with E-state index in [1.165, 1.54) is 0 Å². The van der Waals surface area contributed by atoms with E-state index in [1.54, 1.807) is 20.4 Å². The lowest BCUT2D eigenvalue weighted by Gasteiger charge is -2.16. The molecule has 8 nitrogen and oxygen atoms in total. The van der Waals surface area contributed by atoms with Crippen molar-refractivity contribution in [3.8, 4) is 23.0 Å². The Morgan fingerprint density at radius 1 is 0.897 bits per heavy atom. The molecule has 0 bridgehead atoms. The molecule has 0 aliphatic carbocycles. The molecule has 0 unspecified atom stereocenters. The zero-order valence-corrected chi connectivity index (χ0v) is 16.4. The Kier molecular flexibility index (Phi) is 6.57. The van der Waals surface area contributed by atoms with Gasteiger partial charge in [-0.05, 0) is 29.8 Å². The number of hydrogen-bond acceptors (Lipinski definition) is 8. The average Bonchev–Trinajstić information content (AvgIpc) is 2.73. The molecule has 0 atom stereocenters. The van der Waals surface area contributed by atoms with Crippen LogP contribution in [0.5, 0.6) is 23.0 Å². The molecule has 0 saturated heterocycles. The van der Waals surface area contributed by atoms with Gasteiger partial charge in [0.2, 0.25) is 11.7 Å². The fraction of sp³-hybridized carbons (Fsp3) is 0.238. The zero-order chi connectivity index (χ0) is 20.6. The number of methoxy groups -OCH3 is 2. The number of hydrogen-bond donors (Lipinski definition) is 2. The van der Waals surface area contributed by atoms with Gasteiger partial charge in [-0.3, -0.25) is 0 Å². The predicted octanol–water partition coefficient (Wildman–Crippen LogP) is 2.71. The van der Waals surface area contributed by atoms with Crippen LogP contribution in [0.1, 0.15) is 11.1 Å². The first-order valence-corrected chi connectivity index (χ1v) is 9.03. The first-order valence-electron chi connectivity index (χ1n) is 9.03. The Balaban J connectivity index is 1.74. The van der Waals surface area contributed by atoms with Crippen molar-refractivity contribution < 1.29 is 18.9 Å². The molecular weight excluding hydrogens is 372 g/mol. The summed E-state index contributed by atoms with van der Waals surface area (Å²) in [6, 6.07) is 13.3. The molecule has 4 N–H and O–H groups in total. The van der Waals surface area contributed by atoms with Crippen molar-refractivity contribution in [2.75, 3.05) is 38.9 Å². The standard InChI is InChI=1S/C21H24N4O4/c1-26-17-11-14(10-15-13-24-21(23)25-20(15)22)12-18(19(17)27-2)29-9-8-28-16-6-4-3-5-7-16/h3-7,11-13H,8-10H2,1-2H3,(H4,22,23,24,25). The summed E-state index contributed by atoms with van der Waals surface area (Å²) in [5.74, 6) is 2.88. The SMILES string of the molecule is COc1cc(Cc2cnc(N)nc2N)cc(OCCOc2ccccc2)c1OC. The Bertz CT molecular complexity index is 951. The molecule has 0 spiro atoms. The number of nitrogens with zero attached hydrogens (tertiary/aromatic N) is 2. The number of para-hydroxylation sites is 1. The highest BCUT2D eigenvalue weighted by Gasteiger charge is 2.15. The summed E-state index contributed by atoms with van der Waals surface area (Å²) in [5, 5.41) is 0. The largest absolute Gasteiger partial charge is 0.493 e. The molecule has 0 fully saturated rings. The molecule has 8 heteroatoms. The summed E-state index contributed by atoms with van der Waals surface area (Å²) in [5.41, 5.74) is 13.2. The summed E-state index contributed by atoms with van der Waals surface area (Å²) in [4.78, 5) is 8.01. The first-order chi connectivity index (χ1) is 14.1. The summed E-state index contributed by atoms with van der Waals surface area (Å²) in [6.07, 6.45) is 2.10. The molecule has 29 heavy (non-hydrogen) atoms. The predicted molar refractivity (Wildman–Crippen MR) is 111 cm³/mol. The lowest BCUT2D eigenvalue weighted by molar-refractivity contribution is 0.209. The van der Waals surface area contributed by atoms with Gasteiger partial charge in [0, 0.05) is 18.2 Å². The maximum atomic E-state index is 5.95. The van der Waals surface area contributed by atoms with Gasteiger partial charge < -0.3 is 30.4 Å². The molecular formula is C21H24N4O4. The number of aromatic nitrogens is 2. The zero-order valence-electron chi connectivity index (χ0n) is 16.4. The van der Waals surface area contributed by atoms with Gasteiger partial charge >= 0.3 is 0 Å². The van der Waals surface area contributed by atoms with Crippen LogP contribution in [-0.2, 0) is 6.42 Å². The highest BCUT2D eigenvalue weighted by molar-refractivity contribution is 5.55. The van der Waals surface area contributed by atoms with Crippen LogP contribution >= 0.6 is 0 Å².